The zero-order valence-corrected chi connectivity index (χ0v) is 10.9. The molecule has 2 aromatic rings. The highest BCUT2D eigenvalue weighted by atomic mass is 19.1. The topological polar surface area (TPSA) is 113 Å². The third-order valence-corrected chi connectivity index (χ3v) is 3.54. The minimum atomic E-state index is -2.04. The standard InChI is InChI=1S/C12H10F2N4O4/c1-2-12(3-19)7(20)5(13)10(22-12)18-4-15-6-8(18)16-11(14)17-9(6)21/h1,4-5,7,10,19-20H,3H2,(H,16,17,21). The van der Waals surface area contributed by atoms with E-state index >= 15 is 0 Å². The average Bonchev–Trinajstić information content (AvgIpc) is 3.01. The van der Waals surface area contributed by atoms with Crippen molar-refractivity contribution in [1.29, 1.82) is 0 Å². The summed E-state index contributed by atoms with van der Waals surface area (Å²) in [6.07, 6.45) is -0.339. The summed E-state index contributed by atoms with van der Waals surface area (Å²) in [4.78, 5) is 20.5. The summed E-state index contributed by atoms with van der Waals surface area (Å²) in [5.74, 6) is 2.01. The van der Waals surface area contributed by atoms with Crippen LogP contribution in [-0.4, -0.2) is 54.2 Å². The van der Waals surface area contributed by atoms with E-state index in [1.165, 1.54) is 0 Å². The number of alkyl halides is 1. The Morgan fingerprint density at radius 2 is 2.36 bits per heavy atom. The van der Waals surface area contributed by atoms with Crippen molar-refractivity contribution in [3.63, 3.8) is 0 Å². The Hall–Kier alpha value is -2.35. The molecule has 4 atom stereocenters. The van der Waals surface area contributed by atoms with Gasteiger partial charge in [-0.1, -0.05) is 5.92 Å². The van der Waals surface area contributed by atoms with Crippen LogP contribution in [0.25, 0.3) is 11.2 Å². The van der Waals surface area contributed by atoms with Crippen LogP contribution in [0.4, 0.5) is 8.78 Å². The van der Waals surface area contributed by atoms with Crippen LogP contribution in [0.2, 0.25) is 0 Å². The lowest BCUT2D eigenvalue weighted by molar-refractivity contribution is -0.0900. The SMILES string of the molecule is C#CC1(CO)OC(n2cnc3c(=O)[nH]c(F)nc32)C(F)C1O. The second kappa shape index (κ2) is 4.84. The number of terminal acetylenes is 1. The number of rotatable bonds is 2. The first-order valence-corrected chi connectivity index (χ1v) is 6.14. The molecule has 1 aliphatic heterocycles. The molecule has 0 amide bonds. The number of hydrogen-bond donors (Lipinski definition) is 3. The maximum Gasteiger partial charge on any atom is 0.291 e. The van der Waals surface area contributed by atoms with Gasteiger partial charge in [0, 0.05) is 0 Å². The van der Waals surface area contributed by atoms with Crippen LogP contribution >= 0.6 is 0 Å². The molecule has 1 fully saturated rings. The number of nitrogens with zero attached hydrogens (tertiary/aromatic N) is 3. The van der Waals surface area contributed by atoms with Crippen LogP contribution < -0.4 is 5.56 Å². The van der Waals surface area contributed by atoms with Crippen LogP contribution in [0, 0.1) is 18.4 Å². The van der Waals surface area contributed by atoms with Gasteiger partial charge in [-0.3, -0.25) is 14.3 Å². The number of aliphatic hydroxyl groups excluding tert-OH is 2. The Bertz CT molecular complexity index is 829. The van der Waals surface area contributed by atoms with Crippen molar-refractivity contribution in [1.82, 2.24) is 19.5 Å². The van der Waals surface area contributed by atoms with Gasteiger partial charge in [0.25, 0.3) is 11.6 Å². The van der Waals surface area contributed by atoms with Gasteiger partial charge in [-0.15, -0.1) is 6.42 Å². The quantitative estimate of drug-likeness (QED) is 0.477. The summed E-state index contributed by atoms with van der Waals surface area (Å²) in [5, 5.41) is 19.1. The molecule has 8 nitrogen and oxygen atoms in total. The van der Waals surface area contributed by atoms with Crippen molar-refractivity contribution in [2.24, 2.45) is 0 Å². The van der Waals surface area contributed by atoms with Crippen molar-refractivity contribution >= 4 is 11.2 Å². The van der Waals surface area contributed by atoms with Gasteiger partial charge in [0.15, 0.2) is 29.2 Å². The van der Waals surface area contributed by atoms with E-state index in [4.69, 9.17) is 11.2 Å². The van der Waals surface area contributed by atoms with E-state index in [1.54, 1.807) is 0 Å². The van der Waals surface area contributed by atoms with Gasteiger partial charge in [-0.2, -0.15) is 9.37 Å². The molecule has 0 aromatic carbocycles. The third-order valence-electron chi connectivity index (χ3n) is 3.54. The van der Waals surface area contributed by atoms with Gasteiger partial charge in [0.2, 0.25) is 0 Å². The van der Waals surface area contributed by atoms with Crippen LogP contribution in [0.3, 0.4) is 0 Å². The lowest BCUT2D eigenvalue weighted by Gasteiger charge is -2.23. The molecule has 0 aliphatic carbocycles. The highest BCUT2D eigenvalue weighted by Gasteiger charge is 2.55. The largest absolute Gasteiger partial charge is 0.392 e. The highest BCUT2D eigenvalue weighted by molar-refractivity contribution is 5.69. The van der Waals surface area contributed by atoms with Crippen LogP contribution in [0.15, 0.2) is 11.1 Å². The number of ether oxygens (including phenoxy) is 1. The Balaban J connectivity index is 2.13. The summed E-state index contributed by atoms with van der Waals surface area (Å²) < 4.78 is 33.7. The predicted molar refractivity (Wildman–Crippen MR) is 67.8 cm³/mol. The lowest BCUT2D eigenvalue weighted by Crippen LogP contribution is -2.44. The fourth-order valence-electron chi connectivity index (χ4n) is 2.35. The van der Waals surface area contributed by atoms with E-state index in [-0.39, 0.29) is 11.2 Å². The molecule has 2 aromatic heterocycles. The molecule has 0 bridgehead atoms. The molecule has 22 heavy (non-hydrogen) atoms. The molecule has 3 heterocycles. The van der Waals surface area contributed by atoms with Gasteiger partial charge >= 0.3 is 0 Å². The second-order valence-corrected chi connectivity index (χ2v) is 4.77. The number of H-pyrrole nitrogens is 1. The summed E-state index contributed by atoms with van der Waals surface area (Å²) in [6, 6.07) is 0. The van der Waals surface area contributed by atoms with E-state index in [1.807, 2.05) is 10.9 Å². The summed E-state index contributed by atoms with van der Waals surface area (Å²) >= 11 is 0. The van der Waals surface area contributed by atoms with Crippen LogP contribution in [0.1, 0.15) is 6.23 Å². The molecule has 10 heteroatoms. The number of hydrogen-bond acceptors (Lipinski definition) is 6. The number of aliphatic hydroxyl groups is 2. The number of aromatic amines is 1. The Morgan fingerprint density at radius 3 is 2.95 bits per heavy atom. The first kappa shape index (κ1) is 14.6. The predicted octanol–water partition coefficient (Wildman–Crippen LogP) is -1.15. The number of imidazole rings is 1. The van der Waals surface area contributed by atoms with E-state index in [9.17, 15) is 23.8 Å². The monoisotopic (exact) mass is 312 g/mol. The molecule has 1 aliphatic rings. The molecule has 0 saturated carbocycles. The van der Waals surface area contributed by atoms with E-state index in [0.29, 0.717) is 0 Å². The molecule has 116 valence electrons. The van der Waals surface area contributed by atoms with Crippen molar-refractivity contribution in [2.45, 2.75) is 24.1 Å². The van der Waals surface area contributed by atoms with Gasteiger partial charge in [-0.05, 0) is 0 Å². The highest BCUT2D eigenvalue weighted by Crippen LogP contribution is 2.39. The van der Waals surface area contributed by atoms with E-state index in [2.05, 4.69) is 9.97 Å². The molecular formula is C12H10F2N4O4. The smallest absolute Gasteiger partial charge is 0.291 e. The lowest BCUT2D eigenvalue weighted by atomic mass is 9.98. The van der Waals surface area contributed by atoms with Gasteiger partial charge in [0.1, 0.15) is 6.10 Å². The Kier molecular flexibility index (Phi) is 3.21. The fourth-order valence-corrected chi connectivity index (χ4v) is 2.35. The van der Waals surface area contributed by atoms with Gasteiger partial charge < -0.3 is 14.9 Å². The molecule has 3 N–H and O–H groups in total. The van der Waals surface area contributed by atoms with Crippen LogP contribution in [0.5, 0.6) is 0 Å². The molecule has 4 unspecified atom stereocenters. The van der Waals surface area contributed by atoms with Gasteiger partial charge in [-0.25, -0.2) is 9.37 Å². The molecule has 3 rings (SSSR count). The fraction of sp³-hybridized carbons (Fsp3) is 0.417. The zero-order valence-electron chi connectivity index (χ0n) is 10.9. The van der Waals surface area contributed by atoms with Crippen LogP contribution in [-0.2, 0) is 4.74 Å². The van der Waals surface area contributed by atoms with Crippen molar-refractivity contribution < 1.29 is 23.7 Å². The average molecular weight is 312 g/mol. The first-order chi connectivity index (χ1) is 10.4. The van der Waals surface area contributed by atoms with Crippen molar-refractivity contribution in [3.8, 4) is 12.3 Å². The maximum atomic E-state index is 14.3. The zero-order chi connectivity index (χ0) is 16.1. The van der Waals surface area contributed by atoms with E-state index in [0.717, 1.165) is 10.9 Å². The first-order valence-electron chi connectivity index (χ1n) is 6.14. The maximum absolute atomic E-state index is 14.3. The summed E-state index contributed by atoms with van der Waals surface area (Å²) in [7, 11) is 0. The summed E-state index contributed by atoms with van der Waals surface area (Å²) in [6.45, 7) is -0.823. The number of halogens is 2. The number of fused-ring (bicyclic) bond motifs is 1. The third kappa shape index (κ3) is 1.83. The molecule has 0 radical (unpaired) electrons. The van der Waals surface area contributed by atoms with Crippen molar-refractivity contribution in [2.75, 3.05) is 6.61 Å². The van der Waals surface area contributed by atoms with Crippen molar-refractivity contribution in [3.05, 3.63) is 22.8 Å². The molecular weight excluding hydrogens is 302 g/mol. The minimum Gasteiger partial charge on any atom is -0.392 e. The minimum absolute atomic E-state index is 0.228. The Morgan fingerprint density at radius 1 is 1.64 bits per heavy atom. The number of aromatic nitrogens is 4. The second-order valence-electron chi connectivity index (χ2n) is 4.77. The molecule has 0 spiro atoms. The summed E-state index contributed by atoms with van der Waals surface area (Å²) in [5.41, 5.74) is -3.29. The number of nitrogens with one attached hydrogen (secondary N) is 1. The Labute approximate surface area is 121 Å². The van der Waals surface area contributed by atoms with E-state index < -0.39 is 42.3 Å². The normalized spacial score (nSPS) is 31.5. The molecule has 1 saturated heterocycles. The van der Waals surface area contributed by atoms with Gasteiger partial charge in [0.05, 0.1) is 12.9 Å².